The molecule has 2 atom stereocenters. The van der Waals surface area contributed by atoms with Crippen molar-refractivity contribution in [2.75, 3.05) is 32.7 Å². The first-order valence-electron chi connectivity index (χ1n) is 9.46. The van der Waals surface area contributed by atoms with Crippen LogP contribution in [0.2, 0.25) is 0 Å². The second-order valence-electron chi connectivity index (χ2n) is 7.35. The van der Waals surface area contributed by atoms with E-state index in [0.29, 0.717) is 37.9 Å². The van der Waals surface area contributed by atoms with Crippen molar-refractivity contribution in [3.05, 3.63) is 36.2 Å². The number of amides is 1. The monoisotopic (exact) mass is 391 g/mol. The number of piperazine rings is 1. The van der Waals surface area contributed by atoms with Crippen molar-refractivity contribution >= 4 is 5.91 Å². The van der Waals surface area contributed by atoms with E-state index in [1.54, 1.807) is 4.90 Å². The molecule has 150 valence electrons. The van der Waals surface area contributed by atoms with Crippen molar-refractivity contribution < 1.29 is 18.1 Å². The quantitative estimate of drug-likeness (QED) is 0.859. The Hall–Kier alpha value is -2.39. The van der Waals surface area contributed by atoms with Gasteiger partial charge in [0, 0.05) is 38.2 Å². The Bertz CT molecular complexity index is 821. The molecule has 0 aliphatic carbocycles. The van der Waals surface area contributed by atoms with Gasteiger partial charge in [0.15, 0.2) is 0 Å². The third kappa shape index (κ3) is 3.90. The number of halogens is 2. The molecule has 2 aliphatic rings. The summed E-state index contributed by atoms with van der Waals surface area (Å²) < 4.78 is 32.1. The normalized spacial score (nSPS) is 23.7. The van der Waals surface area contributed by atoms with Crippen LogP contribution in [0.4, 0.5) is 8.78 Å². The summed E-state index contributed by atoms with van der Waals surface area (Å²) >= 11 is 0. The SMILES string of the molecule is CC(c1nc(-c2ccccc2)no1)N1CCN(C(=O)C2CC(F)(F)CN2)CC1. The van der Waals surface area contributed by atoms with Crippen LogP contribution in [0.3, 0.4) is 0 Å². The van der Waals surface area contributed by atoms with Crippen LogP contribution in [-0.4, -0.2) is 70.5 Å². The summed E-state index contributed by atoms with van der Waals surface area (Å²) in [5, 5.41) is 6.69. The van der Waals surface area contributed by atoms with Crippen LogP contribution in [0, 0.1) is 0 Å². The Morgan fingerprint density at radius 1 is 1.25 bits per heavy atom. The minimum Gasteiger partial charge on any atom is -0.339 e. The molecule has 0 bridgehead atoms. The third-order valence-electron chi connectivity index (χ3n) is 5.41. The van der Waals surface area contributed by atoms with Crippen molar-refractivity contribution in [2.24, 2.45) is 0 Å². The van der Waals surface area contributed by atoms with E-state index in [1.807, 2.05) is 37.3 Å². The fourth-order valence-corrected chi connectivity index (χ4v) is 3.71. The number of nitrogens with zero attached hydrogens (tertiary/aromatic N) is 4. The zero-order valence-electron chi connectivity index (χ0n) is 15.6. The Kier molecular flexibility index (Phi) is 5.11. The summed E-state index contributed by atoms with van der Waals surface area (Å²) in [6.45, 7) is 3.79. The van der Waals surface area contributed by atoms with Crippen LogP contribution < -0.4 is 5.32 Å². The van der Waals surface area contributed by atoms with E-state index < -0.39 is 24.9 Å². The van der Waals surface area contributed by atoms with Gasteiger partial charge in [0.1, 0.15) is 0 Å². The maximum atomic E-state index is 13.3. The van der Waals surface area contributed by atoms with E-state index in [2.05, 4.69) is 20.4 Å². The summed E-state index contributed by atoms with van der Waals surface area (Å²) in [7, 11) is 0. The van der Waals surface area contributed by atoms with E-state index in [9.17, 15) is 13.6 Å². The molecular formula is C19H23F2N5O2. The van der Waals surface area contributed by atoms with Gasteiger partial charge in [-0.05, 0) is 6.92 Å². The van der Waals surface area contributed by atoms with Crippen LogP contribution >= 0.6 is 0 Å². The van der Waals surface area contributed by atoms with Gasteiger partial charge >= 0.3 is 0 Å². The summed E-state index contributed by atoms with van der Waals surface area (Å²) in [6.07, 6.45) is -0.424. The average Bonchev–Trinajstić information content (AvgIpc) is 3.34. The second kappa shape index (κ2) is 7.56. The molecule has 0 spiro atoms. The molecule has 28 heavy (non-hydrogen) atoms. The van der Waals surface area contributed by atoms with E-state index in [4.69, 9.17) is 4.52 Å². The number of aromatic nitrogens is 2. The van der Waals surface area contributed by atoms with Gasteiger partial charge in [0.05, 0.1) is 18.6 Å². The van der Waals surface area contributed by atoms with Gasteiger partial charge in [-0.25, -0.2) is 8.78 Å². The number of hydrogen-bond acceptors (Lipinski definition) is 6. The molecule has 9 heteroatoms. The van der Waals surface area contributed by atoms with Gasteiger partial charge in [0.25, 0.3) is 5.92 Å². The van der Waals surface area contributed by atoms with Crippen LogP contribution in [-0.2, 0) is 4.79 Å². The Morgan fingerprint density at radius 3 is 2.61 bits per heavy atom. The maximum Gasteiger partial charge on any atom is 0.262 e. The zero-order valence-corrected chi connectivity index (χ0v) is 15.6. The molecule has 1 aromatic heterocycles. The number of alkyl halides is 2. The first kappa shape index (κ1) is 18.9. The van der Waals surface area contributed by atoms with E-state index >= 15 is 0 Å². The number of benzene rings is 1. The molecule has 1 aromatic carbocycles. The van der Waals surface area contributed by atoms with Crippen LogP contribution in [0.15, 0.2) is 34.9 Å². The maximum absolute atomic E-state index is 13.3. The van der Waals surface area contributed by atoms with Gasteiger partial charge < -0.3 is 9.42 Å². The largest absolute Gasteiger partial charge is 0.339 e. The molecular weight excluding hydrogens is 368 g/mol. The summed E-state index contributed by atoms with van der Waals surface area (Å²) in [6, 6.07) is 8.73. The predicted octanol–water partition coefficient (Wildman–Crippen LogP) is 1.94. The van der Waals surface area contributed by atoms with Gasteiger partial charge in [-0.15, -0.1) is 0 Å². The minimum atomic E-state index is -2.80. The molecule has 4 rings (SSSR count). The van der Waals surface area contributed by atoms with Crippen LogP contribution in [0.25, 0.3) is 11.4 Å². The lowest BCUT2D eigenvalue weighted by molar-refractivity contribution is -0.135. The number of nitrogens with one attached hydrogen (secondary N) is 1. The van der Waals surface area contributed by atoms with E-state index in [-0.39, 0.29) is 11.9 Å². The van der Waals surface area contributed by atoms with Crippen molar-refractivity contribution in [3.8, 4) is 11.4 Å². The second-order valence-corrected chi connectivity index (χ2v) is 7.35. The summed E-state index contributed by atoms with van der Waals surface area (Å²) in [5.74, 6) is -1.97. The Morgan fingerprint density at radius 2 is 1.96 bits per heavy atom. The van der Waals surface area contributed by atoms with E-state index in [1.165, 1.54) is 0 Å². The number of carbonyl (C=O) groups is 1. The van der Waals surface area contributed by atoms with Gasteiger partial charge in [-0.2, -0.15) is 4.98 Å². The molecule has 2 saturated heterocycles. The smallest absolute Gasteiger partial charge is 0.262 e. The number of carbonyl (C=O) groups excluding carboxylic acids is 1. The molecule has 3 heterocycles. The lowest BCUT2D eigenvalue weighted by atomic mass is 10.1. The number of rotatable bonds is 4. The lowest BCUT2D eigenvalue weighted by Crippen LogP contribution is -2.53. The third-order valence-corrected chi connectivity index (χ3v) is 5.41. The molecule has 0 saturated carbocycles. The van der Waals surface area contributed by atoms with Gasteiger partial charge in [0.2, 0.25) is 17.6 Å². The minimum absolute atomic E-state index is 0.0869. The molecule has 1 N–H and O–H groups in total. The molecule has 2 aliphatic heterocycles. The van der Waals surface area contributed by atoms with Crippen molar-refractivity contribution in [3.63, 3.8) is 0 Å². The average molecular weight is 391 g/mol. The van der Waals surface area contributed by atoms with Gasteiger partial charge in [-0.3, -0.25) is 15.0 Å². The topological polar surface area (TPSA) is 74.5 Å². The first-order chi connectivity index (χ1) is 13.4. The lowest BCUT2D eigenvalue weighted by Gasteiger charge is -2.37. The molecule has 2 fully saturated rings. The van der Waals surface area contributed by atoms with Crippen molar-refractivity contribution in [2.45, 2.75) is 31.4 Å². The highest BCUT2D eigenvalue weighted by molar-refractivity contribution is 5.82. The van der Waals surface area contributed by atoms with Crippen molar-refractivity contribution in [1.82, 2.24) is 25.3 Å². The van der Waals surface area contributed by atoms with Crippen molar-refractivity contribution in [1.29, 1.82) is 0 Å². The summed E-state index contributed by atoms with van der Waals surface area (Å²) in [4.78, 5) is 20.8. The van der Waals surface area contributed by atoms with Crippen LogP contribution in [0.1, 0.15) is 25.3 Å². The van der Waals surface area contributed by atoms with E-state index in [0.717, 1.165) is 5.56 Å². The molecule has 2 unspecified atom stereocenters. The Labute approximate surface area is 161 Å². The fourth-order valence-electron chi connectivity index (χ4n) is 3.71. The highest BCUT2D eigenvalue weighted by Crippen LogP contribution is 2.27. The Balaban J connectivity index is 1.34. The molecule has 2 aromatic rings. The fraction of sp³-hybridized carbons (Fsp3) is 0.526. The summed E-state index contributed by atoms with van der Waals surface area (Å²) in [5.41, 5.74) is 0.890. The zero-order chi connectivity index (χ0) is 19.7. The highest BCUT2D eigenvalue weighted by atomic mass is 19.3. The standard InChI is InChI=1S/C19H23F2N5O2/c1-13(17-23-16(24-28-17)14-5-3-2-4-6-14)25-7-9-26(10-8-25)18(27)15-11-19(20,21)12-22-15/h2-6,13,15,22H,7-12H2,1H3. The molecule has 7 nitrogen and oxygen atoms in total. The highest BCUT2D eigenvalue weighted by Gasteiger charge is 2.44. The van der Waals surface area contributed by atoms with Gasteiger partial charge in [-0.1, -0.05) is 35.5 Å². The molecule has 0 radical (unpaired) electrons. The number of hydrogen-bond donors (Lipinski definition) is 1. The molecule has 1 amide bonds. The van der Waals surface area contributed by atoms with Crippen LogP contribution in [0.5, 0.6) is 0 Å². The first-order valence-corrected chi connectivity index (χ1v) is 9.46. The predicted molar refractivity (Wildman–Crippen MR) is 97.7 cm³/mol.